The highest BCUT2D eigenvalue weighted by molar-refractivity contribution is 6.30. The summed E-state index contributed by atoms with van der Waals surface area (Å²) in [4.78, 5) is 3.07. The zero-order valence-electron chi connectivity index (χ0n) is 10.8. The van der Waals surface area contributed by atoms with E-state index in [1.807, 2.05) is 54.9 Å². The van der Waals surface area contributed by atoms with Gasteiger partial charge in [0, 0.05) is 28.5 Å². The molecule has 20 heavy (non-hydrogen) atoms. The van der Waals surface area contributed by atoms with Crippen molar-refractivity contribution >= 4 is 11.6 Å². The maximum absolute atomic E-state index is 10.6. The minimum Gasteiger partial charge on any atom is -0.384 e. The molecule has 3 rings (SSSR count). The van der Waals surface area contributed by atoms with Crippen LogP contribution in [0.5, 0.6) is 0 Å². The molecule has 0 saturated heterocycles. The van der Waals surface area contributed by atoms with Crippen LogP contribution in [0, 0.1) is 0 Å². The number of hydrogen-bond acceptors (Lipinski definition) is 1. The second-order valence-electron chi connectivity index (χ2n) is 4.64. The van der Waals surface area contributed by atoms with Gasteiger partial charge in [-0.05, 0) is 23.3 Å². The molecule has 1 atom stereocenters. The molecule has 3 heteroatoms. The fourth-order valence-corrected chi connectivity index (χ4v) is 2.42. The largest absolute Gasteiger partial charge is 0.384 e. The van der Waals surface area contributed by atoms with Crippen molar-refractivity contribution in [3.8, 4) is 11.1 Å². The number of aliphatic hydroxyl groups excluding tert-OH is 1. The lowest BCUT2D eigenvalue weighted by Gasteiger charge is -2.12. The predicted octanol–water partition coefficient (Wildman–Crippen LogP) is 4.42. The molecule has 0 unspecified atom stereocenters. The van der Waals surface area contributed by atoms with Crippen LogP contribution in [0.3, 0.4) is 0 Å². The minimum atomic E-state index is -0.672. The van der Waals surface area contributed by atoms with Crippen LogP contribution in [-0.2, 0) is 0 Å². The van der Waals surface area contributed by atoms with Gasteiger partial charge in [0.15, 0.2) is 0 Å². The van der Waals surface area contributed by atoms with Crippen LogP contribution in [-0.4, -0.2) is 10.1 Å². The molecule has 0 aliphatic rings. The smallest absolute Gasteiger partial charge is 0.106 e. The SMILES string of the molecule is O[C@H](c1ccc(Cl)cc1)c1c[nH]cc1-c1ccccc1. The summed E-state index contributed by atoms with van der Waals surface area (Å²) < 4.78 is 0. The molecular formula is C17H14ClNO. The fourth-order valence-electron chi connectivity index (χ4n) is 2.29. The van der Waals surface area contributed by atoms with Gasteiger partial charge < -0.3 is 10.1 Å². The number of H-pyrrole nitrogens is 1. The van der Waals surface area contributed by atoms with Crippen molar-refractivity contribution in [2.75, 3.05) is 0 Å². The third-order valence-electron chi connectivity index (χ3n) is 3.34. The Bertz CT molecular complexity index is 689. The van der Waals surface area contributed by atoms with E-state index in [2.05, 4.69) is 4.98 Å². The van der Waals surface area contributed by atoms with Gasteiger partial charge in [0.1, 0.15) is 6.10 Å². The van der Waals surface area contributed by atoms with Gasteiger partial charge in [-0.25, -0.2) is 0 Å². The van der Waals surface area contributed by atoms with Crippen LogP contribution in [0.4, 0.5) is 0 Å². The van der Waals surface area contributed by atoms with Gasteiger partial charge in [-0.15, -0.1) is 0 Å². The number of halogens is 1. The second-order valence-corrected chi connectivity index (χ2v) is 5.08. The highest BCUT2D eigenvalue weighted by Crippen LogP contribution is 2.31. The Morgan fingerprint density at radius 2 is 1.60 bits per heavy atom. The maximum Gasteiger partial charge on any atom is 0.106 e. The molecule has 2 aromatic carbocycles. The monoisotopic (exact) mass is 283 g/mol. The second kappa shape index (κ2) is 5.53. The van der Waals surface area contributed by atoms with Gasteiger partial charge in [0.05, 0.1) is 0 Å². The number of hydrogen-bond donors (Lipinski definition) is 2. The Morgan fingerprint density at radius 3 is 2.30 bits per heavy atom. The highest BCUT2D eigenvalue weighted by atomic mass is 35.5. The molecule has 0 radical (unpaired) electrons. The number of aromatic amines is 1. The van der Waals surface area contributed by atoms with Crippen molar-refractivity contribution < 1.29 is 5.11 Å². The van der Waals surface area contributed by atoms with Crippen molar-refractivity contribution in [2.45, 2.75) is 6.10 Å². The van der Waals surface area contributed by atoms with Crippen LogP contribution in [0.2, 0.25) is 5.02 Å². The molecular weight excluding hydrogens is 270 g/mol. The first-order valence-corrected chi connectivity index (χ1v) is 6.79. The first-order valence-electron chi connectivity index (χ1n) is 6.41. The molecule has 100 valence electrons. The van der Waals surface area contributed by atoms with Crippen molar-refractivity contribution in [2.24, 2.45) is 0 Å². The van der Waals surface area contributed by atoms with E-state index < -0.39 is 6.10 Å². The summed E-state index contributed by atoms with van der Waals surface area (Å²) in [6, 6.07) is 17.3. The molecule has 0 saturated carbocycles. The first kappa shape index (κ1) is 13.0. The van der Waals surface area contributed by atoms with Gasteiger partial charge >= 0.3 is 0 Å². The fraction of sp³-hybridized carbons (Fsp3) is 0.0588. The summed E-state index contributed by atoms with van der Waals surface area (Å²) in [5.74, 6) is 0. The van der Waals surface area contributed by atoms with Crippen molar-refractivity contribution in [1.82, 2.24) is 4.98 Å². The van der Waals surface area contributed by atoms with Crippen LogP contribution in [0.1, 0.15) is 17.2 Å². The van der Waals surface area contributed by atoms with Gasteiger partial charge in [-0.2, -0.15) is 0 Å². The molecule has 0 amide bonds. The molecule has 2 N–H and O–H groups in total. The summed E-state index contributed by atoms with van der Waals surface area (Å²) in [5.41, 5.74) is 3.77. The van der Waals surface area contributed by atoms with Gasteiger partial charge in [0.25, 0.3) is 0 Å². The van der Waals surface area contributed by atoms with E-state index in [0.717, 1.165) is 22.3 Å². The summed E-state index contributed by atoms with van der Waals surface area (Å²) >= 11 is 5.88. The quantitative estimate of drug-likeness (QED) is 0.733. The number of nitrogens with one attached hydrogen (secondary N) is 1. The van der Waals surface area contributed by atoms with E-state index in [9.17, 15) is 5.11 Å². The Kier molecular flexibility index (Phi) is 3.59. The van der Waals surface area contributed by atoms with Crippen molar-refractivity contribution in [1.29, 1.82) is 0 Å². The summed E-state index contributed by atoms with van der Waals surface area (Å²) in [6.45, 7) is 0. The number of benzene rings is 2. The first-order chi connectivity index (χ1) is 9.75. The van der Waals surface area contributed by atoms with Crippen LogP contribution >= 0.6 is 11.6 Å². The van der Waals surface area contributed by atoms with E-state index in [1.54, 1.807) is 12.1 Å². The predicted molar refractivity (Wildman–Crippen MR) is 81.7 cm³/mol. The Morgan fingerprint density at radius 1 is 0.900 bits per heavy atom. The highest BCUT2D eigenvalue weighted by Gasteiger charge is 2.16. The molecule has 0 aliphatic heterocycles. The topological polar surface area (TPSA) is 36.0 Å². The average Bonchev–Trinajstić information content (AvgIpc) is 2.97. The van der Waals surface area contributed by atoms with Gasteiger partial charge in [0.2, 0.25) is 0 Å². The molecule has 1 aromatic heterocycles. The number of aromatic nitrogens is 1. The third-order valence-corrected chi connectivity index (χ3v) is 3.59. The lowest BCUT2D eigenvalue weighted by atomic mass is 9.97. The lowest BCUT2D eigenvalue weighted by molar-refractivity contribution is 0.221. The van der Waals surface area contributed by atoms with Crippen LogP contribution in [0.15, 0.2) is 67.0 Å². The van der Waals surface area contributed by atoms with Crippen molar-refractivity contribution in [3.05, 3.63) is 83.1 Å². The average molecular weight is 284 g/mol. The molecule has 0 bridgehead atoms. The van der Waals surface area contributed by atoms with Gasteiger partial charge in [-0.3, -0.25) is 0 Å². The Hall–Kier alpha value is -2.03. The Labute approximate surface area is 122 Å². The van der Waals surface area contributed by atoms with Crippen molar-refractivity contribution in [3.63, 3.8) is 0 Å². The van der Waals surface area contributed by atoms with E-state index in [-0.39, 0.29) is 0 Å². The molecule has 0 fully saturated rings. The zero-order valence-corrected chi connectivity index (χ0v) is 11.5. The zero-order chi connectivity index (χ0) is 13.9. The molecule has 3 aromatic rings. The molecule has 2 nitrogen and oxygen atoms in total. The minimum absolute atomic E-state index is 0.665. The Balaban J connectivity index is 1.99. The lowest BCUT2D eigenvalue weighted by Crippen LogP contribution is -1.99. The van der Waals surface area contributed by atoms with Crippen LogP contribution < -0.4 is 0 Å². The van der Waals surface area contributed by atoms with Crippen LogP contribution in [0.25, 0.3) is 11.1 Å². The number of rotatable bonds is 3. The molecule has 0 spiro atoms. The summed E-state index contributed by atoms with van der Waals surface area (Å²) in [7, 11) is 0. The van der Waals surface area contributed by atoms with Gasteiger partial charge in [-0.1, -0.05) is 54.1 Å². The molecule has 0 aliphatic carbocycles. The van der Waals surface area contributed by atoms with E-state index >= 15 is 0 Å². The number of aliphatic hydroxyl groups is 1. The summed E-state index contributed by atoms with van der Waals surface area (Å²) in [5, 5.41) is 11.2. The summed E-state index contributed by atoms with van der Waals surface area (Å²) in [6.07, 6.45) is 3.07. The standard InChI is InChI=1S/C17H14ClNO/c18-14-8-6-13(7-9-14)17(20)16-11-19-10-15(16)12-4-2-1-3-5-12/h1-11,17,19-20H/t17-/m1/s1. The third kappa shape index (κ3) is 2.48. The maximum atomic E-state index is 10.6. The van der Waals surface area contributed by atoms with E-state index in [1.165, 1.54) is 0 Å². The van der Waals surface area contributed by atoms with E-state index in [0.29, 0.717) is 5.02 Å². The van der Waals surface area contributed by atoms with E-state index in [4.69, 9.17) is 11.6 Å². The normalized spacial score (nSPS) is 12.3. The molecule has 1 heterocycles.